The monoisotopic (exact) mass is 250 g/mol. The van der Waals surface area contributed by atoms with Crippen LogP contribution >= 0.6 is 0 Å². The number of anilines is 1. The minimum Gasteiger partial charge on any atom is -0.491 e. The molecule has 4 heteroatoms. The summed E-state index contributed by atoms with van der Waals surface area (Å²) in [6.45, 7) is 8.53. The number of hydrogen-bond donors (Lipinski definition) is 2. The molecule has 100 valence electrons. The quantitative estimate of drug-likeness (QED) is 0.842. The van der Waals surface area contributed by atoms with E-state index < -0.39 is 0 Å². The predicted molar refractivity (Wildman–Crippen MR) is 74.3 cm³/mol. The first-order chi connectivity index (χ1) is 8.52. The van der Waals surface area contributed by atoms with Crippen LogP contribution in [0, 0.1) is 6.92 Å². The van der Waals surface area contributed by atoms with Crippen molar-refractivity contribution in [3.8, 4) is 5.75 Å². The van der Waals surface area contributed by atoms with Gasteiger partial charge < -0.3 is 15.4 Å². The molecule has 1 aromatic rings. The highest BCUT2D eigenvalue weighted by Gasteiger charge is 2.08. The number of amides is 2. The number of hydrogen-bond acceptors (Lipinski definition) is 2. The van der Waals surface area contributed by atoms with Crippen LogP contribution in [0.15, 0.2) is 18.2 Å². The molecule has 0 fully saturated rings. The summed E-state index contributed by atoms with van der Waals surface area (Å²) in [7, 11) is 0. The van der Waals surface area contributed by atoms with Gasteiger partial charge in [-0.05, 0) is 44.9 Å². The van der Waals surface area contributed by atoms with Crippen LogP contribution in [-0.4, -0.2) is 18.7 Å². The summed E-state index contributed by atoms with van der Waals surface area (Å²) in [5, 5.41) is 5.59. The lowest BCUT2D eigenvalue weighted by molar-refractivity contribution is 0.249. The Morgan fingerprint density at radius 3 is 2.72 bits per heavy atom. The molecule has 4 nitrogen and oxygen atoms in total. The number of benzene rings is 1. The van der Waals surface area contributed by atoms with Crippen LogP contribution in [0.1, 0.15) is 32.8 Å². The lowest BCUT2D eigenvalue weighted by Crippen LogP contribution is -2.34. The van der Waals surface area contributed by atoms with Crippen LogP contribution in [-0.2, 0) is 0 Å². The van der Waals surface area contributed by atoms with Crippen LogP contribution in [0.5, 0.6) is 5.75 Å². The maximum atomic E-state index is 11.7. The van der Waals surface area contributed by atoms with Gasteiger partial charge in [0.25, 0.3) is 0 Å². The maximum absolute atomic E-state index is 11.7. The maximum Gasteiger partial charge on any atom is 0.319 e. The number of urea groups is 1. The topological polar surface area (TPSA) is 50.4 Å². The zero-order chi connectivity index (χ0) is 13.5. The van der Waals surface area contributed by atoms with E-state index in [0.29, 0.717) is 12.3 Å². The van der Waals surface area contributed by atoms with E-state index in [1.54, 1.807) is 0 Å². The first-order valence-electron chi connectivity index (χ1n) is 6.34. The third-order valence-electron chi connectivity index (χ3n) is 2.27. The molecule has 0 heterocycles. The van der Waals surface area contributed by atoms with Gasteiger partial charge in [0, 0.05) is 6.04 Å². The molecule has 0 bridgehead atoms. The van der Waals surface area contributed by atoms with Crippen LogP contribution in [0.3, 0.4) is 0 Å². The third-order valence-corrected chi connectivity index (χ3v) is 2.27. The minimum absolute atomic E-state index is 0.107. The Morgan fingerprint density at radius 2 is 2.11 bits per heavy atom. The average molecular weight is 250 g/mol. The van der Waals surface area contributed by atoms with Crippen LogP contribution in [0.25, 0.3) is 0 Å². The van der Waals surface area contributed by atoms with E-state index in [1.165, 1.54) is 0 Å². The van der Waals surface area contributed by atoms with Crippen molar-refractivity contribution in [3.05, 3.63) is 23.8 Å². The Balaban J connectivity index is 2.77. The fraction of sp³-hybridized carbons (Fsp3) is 0.500. The molecule has 0 radical (unpaired) electrons. The number of rotatable bonds is 5. The van der Waals surface area contributed by atoms with Gasteiger partial charge in [0.2, 0.25) is 0 Å². The summed E-state index contributed by atoms with van der Waals surface area (Å²) < 4.78 is 5.63. The molecule has 0 unspecified atom stereocenters. The summed E-state index contributed by atoms with van der Waals surface area (Å²) >= 11 is 0. The van der Waals surface area contributed by atoms with Crippen molar-refractivity contribution < 1.29 is 9.53 Å². The number of carbonyl (C=O) groups is 1. The summed E-state index contributed by atoms with van der Waals surface area (Å²) in [4.78, 5) is 11.7. The second-order valence-electron chi connectivity index (χ2n) is 4.60. The highest BCUT2D eigenvalue weighted by atomic mass is 16.5. The molecule has 1 aromatic carbocycles. The molecule has 0 aliphatic heterocycles. The van der Waals surface area contributed by atoms with Crippen molar-refractivity contribution in [1.82, 2.24) is 5.32 Å². The normalized spacial score (nSPS) is 10.3. The summed E-state index contributed by atoms with van der Waals surface area (Å²) in [6, 6.07) is 5.63. The van der Waals surface area contributed by atoms with Crippen LogP contribution < -0.4 is 15.4 Å². The summed E-state index contributed by atoms with van der Waals surface area (Å²) in [5.41, 5.74) is 1.81. The molecule has 2 amide bonds. The van der Waals surface area contributed by atoms with E-state index >= 15 is 0 Å². The molecule has 0 saturated heterocycles. The van der Waals surface area contributed by atoms with Crippen LogP contribution in [0.4, 0.5) is 10.5 Å². The average Bonchev–Trinajstić information content (AvgIpc) is 2.28. The second-order valence-corrected chi connectivity index (χ2v) is 4.60. The smallest absolute Gasteiger partial charge is 0.319 e. The summed E-state index contributed by atoms with van der Waals surface area (Å²) in [6.07, 6.45) is 0.936. The predicted octanol–water partition coefficient (Wildman–Crippen LogP) is 3.31. The first kappa shape index (κ1) is 14.4. The Bertz CT molecular complexity index is 403. The van der Waals surface area contributed by atoms with Gasteiger partial charge in [-0.1, -0.05) is 13.0 Å². The Morgan fingerprint density at radius 1 is 1.39 bits per heavy atom. The van der Waals surface area contributed by atoms with Gasteiger partial charge in [-0.3, -0.25) is 0 Å². The molecule has 0 aliphatic rings. The highest BCUT2D eigenvalue weighted by molar-refractivity contribution is 5.91. The van der Waals surface area contributed by atoms with Crippen molar-refractivity contribution in [2.75, 3.05) is 11.9 Å². The van der Waals surface area contributed by atoms with Crippen molar-refractivity contribution >= 4 is 11.7 Å². The SMILES string of the molecule is CCCOc1cc(C)ccc1NC(=O)NC(C)C. The van der Waals surface area contributed by atoms with Crippen molar-refractivity contribution in [2.24, 2.45) is 0 Å². The number of ether oxygens (including phenoxy) is 1. The molecular weight excluding hydrogens is 228 g/mol. The van der Waals surface area contributed by atoms with Crippen molar-refractivity contribution in [3.63, 3.8) is 0 Å². The molecule has 0 aliphatic carbocycles. The van der Waals surface area contributed by atoms with Gasteiger partial charge in [-0.2, -0.15) is 0 Å². The van der Waals surface area contributed by atoms with E-state index in [4.69, 9.17) is 4.74 Å². The molecular formula is C14H22N2O2. The van der Waals surface area contributed by atoms with E-state index in [9.17, 15) is 4.79 Å². The lowest BCUT2D eigenvalue weighted by atomic mass is 10.2. The Kier molecular flexibility index (Phi) is 5.49. The molecule has 0 atom stereocenters. The number of aryl methyl sites for hydroxylation is 1. The Hall–Kier alpha value is -1.71. The molecule has 18 heavy (non-hydrogen) atoms. The number of nitrogens with one attached hydrogen (secondary N) is 2. The zero-order valence-corrected chi connectivity index (χ0v) is 11.5. The van der Waals surface area contributed by atoms with E-state index in [2.05, 4.69) is 10.6 Å². The molecule has 0 aromatic heterocycles. The summed E-state index contributed by atoms with van der Waals surface area (Å²) in [5.74, 6) is 0.718. The minimum atomic E-state index is -0.213. The van der Waals surface area contributed by atoms with Gasteiger partial charge in [0.05, 0.1) is 12.3 Å². The Labute approximate surface area is 109 Å². The van der Waals surface area contributed by atoms with E-state index in [0.717, 1.165) is 17.7 Å². The van der Waals surface area contributed by atoms with Crippen LogP contribution in [0.2, 0.25) is 0 Å². The fourth-order valence-electron chi connectivity index (χ4n) is 1.48. The number of carbonyl (C=O) groups excluding carboxylic acids is 1. The highest BCUT2D eigenvalue weighted by Crippen LogP contribution is 2.25. The standard InChI is InChI=1S/C14H22N2O2/c1-5-8-18-13-9-11(4)6-7-12(13)16-14(17)15-10(2)3/h6-7,9-10H,5,8H2,1-4H3,(H2,15,16,17). The zero-order valence-electron chi connectivity index (χ0n) is 11.5. The molecule has 0 saturated carbocycles. The lowest BCUT2D eigenvalue weighted by Gasteiger charge is -2.14. The fourth-order valence-corrected chi connectivity index (χ4v) is 1.48. The van der Waals surface area contributed by atoms with E-state index in [1.807, 2.05) is 45.9 Å². The first-order valence-corrected chi connectivity index (χ1v) is 6.34. The van der Waals surface area contributed by atoms with Crippen molar-refractivity contribution in [1.29, 1.82) is 0 Å². The van der Waals surface area contributed by atoms with Gasteiger partial charge in [0.1, 0.15) is 5.75 Å². The van der Waals surface area contributed by atoms with E-state index in [-0.39, 0.29) is 12.1 Å². The van der Waals surface area contributed by atoms with Gasteiger partial charge in [-0.25, -0.2) is 4.79 Å². The molecule has 2 N–H and O–H groups in total. The third kappa shape index (κ3) is 4.65. The second kappa shape index (κ2) is 6.89. The molecule has 0 spiro atoms. The molecule has 1 rings (SSSR count). The van der Waals surface area contributed by atoms with Gasteiger partial charge in [0.15, 0.2) is 0 Å². The van der Waals surface area contributed by atoms with Gasteiger partial charge >= 0.3 is 6.03 Å². The van der Waals surface area contributed by atoms with Crippen molar-refractivity contribution in [2.45, 2.75) is 40.2 Å². The largest absolute Gasteiger partial charge is 0.491 e. The van der Waals surface area contributed by atoms with Gasteiger partial charge in [-0.15, -0.1) is 0 Å².